The highest BCUT2D eigenvalue weighted by Gasteiger charge is 2.49. The maximum Gasteiger partial charge on any atom is 0.418 e. The van der Waals surface area contributed by atoms with Gasteiger partial charge in [-0.2, -0.15) is 18.3 Å². The summed E-state index contributed by atoms with van der Waals surface area (Å²) in [4.78, 5) is 4.22. The van der Waals surface area contributed by atoms with Gasteiger partial charge in [0, 0.05) is 10.6 Å². The van der Waals surface area contributed by atoms with Gasteiger partial charge in [0.05, 0.1) is 28.5 Å². The number of aliphatic hydroxyl groups is 3. The van der Waals surface area contributed by atoms with Gasteiger partial charge in [-0.05, 0) is 59.6 Å². The van der Waals surface area contributed by atoms with Gasteiger partial charge in [-0.3, -0.25) is 0 Å². The topological polar surface area (TPSA) is 131 Å². The molecule has 16 heteroatoms. The molecule has 1 fully saturated rings. The van der Waals surface area contributed by atoms with Gasteiger partial charge in [0.1, 0.15) is 47.8 Å². The van der Waals surface area contributed by atoms with Crippen molar-refractivity contribution in [1.82, 2.24) is 29.8 Å². The number of benzene rings is 2. The van der Waals surface area contributed by atoms with E-state index in [1.165, 1.54) is 19.2 Å². The molecule has 0 radical (unpaired) electrons. The molecule has 0 aliphatic carbocycles. The highest BCUT2D eigenvalue weighted by molar-refractivity contribution is 9.10. The maximum atomic E-state index is 14.5. The highest BCUT2D eigenvalue weighted by atomic mass is 79.9. The molecule has 0 unspecified atom stereocenters. The van der Waals surface area contributed by atoms with Gasteiger partial charge in [0.25, 0.3) is 0 Å². The molecule has 2 aromatic heterocycles. The summed E-state index contributed by atoms with van der Waals surface area (Å²) in [7, 11) is 0. The minimum atomic E-state index is -4.78. The van der Waals surface area contributed by atoms with Crippen LogP contribution in [0.15, 0.2) is 41.0 Å². The predicted molar refractivity (Wildman–Crippen MR) is 140 cm³/mol. The Kier molecular flexibility index (Phi) is 7.95. The van der Waals surface area contributed by atoms with Gasteiger partial charge in [-0.25, -0.2) is 18.7 Å². The lowest BCUT2D eigenvalue weighted by Gasteiger charge is -2.41. The highest BCUT2D eigenvalue weighted by Crippen LogP contribution is 2.41. The molecule has 5 rings (SSSR count). The zero-order valence-electron chi connectivity index (χ0n) is 21.3. The smallest absolute Gasteiger partial charge is 0.394 e. The molecule has 3 heterocycles. The summed E-state index contributed by atoms with van der Waals surface area (Å²) in [6, 6.07) is 4.73. The molecule has 10 nitrogen and oxygen atoms in total. The van der Waals surface area contributed by atoms with Crippen LogP contribution in [-0.2, 0) is 10.9 Å². The van der Waals surface area contributed by atoms with E-state index in [0.29, 0.717) is 5.56 Å². The van der Waals surface area contributed by atoms with Crippen LogP contribution < -0.4 is 0 Å². The molecule has 0 amide bonds. The number of aliphatic hydroxyl groups excluding tert-OH is 3. The van der Waals surface area contributed by atoms with Crippen LogP contribution in [0.25, 0.3) is 16.9 Å². The molecule has 1 saturated heterocycles. The van der Waals surface area contributed by atoms with Crippen molar-refractivity contribution in [3.8, 4) is 16.9 Å². The molecule has 3 N–H and O–H groups in total. The number of rotatable bonds is 5. The number of halogens is 6. The van der Waals surface area contributed by atoms with Crippen LogP contribution in [0.1, 0.15) is 34.9 Å². The van der Waals surface area contributed by atoms with Crippen molar-refractivity contribution in [3.63, 3.8) is 0 Å². The third kappa shape index (κ3) is 5.37. The van der Waals surface area contributed by atoms with Gasteiger partial charge < -0.3 is 20.1 Å². The summed E-state index contributed by atoms with van der Waals surface area (Å²) in [5, 5.41) is 44.6. The predicted octanol–water partition coefficient (Wildman–Crippen LogP) is 4.11. The Balaban J connectivity index is 1.59. The zero-order valence-corrected chi connectivity index (χ0v) is 23.6. The van der Waals surface area contributed by atoms with Crippen molar-refractivity contribution in [3.05, 3.63) is 74.6 Å². The van der Waals surface area contributed by atoms with E-state index in [1.807, 2.05) is 0 Å². The quantitative estimate of drug-likeness (QED) is 0.273. The van der Waals surface area contributed by atoms with Crippen LogP contribution in [0, 0.1) is 19.7 Å². The first-order valence-electron chi connectivity index (χ1n) is 12.1. The fourth-order valence-corrected chi connectivity index (χ4v) is 5.41. The molecule has 4 aromatic rings. The van der Waals surface area contributed by atoms with E-state index in [0.717, 1.165) is 27.6 Å². The second kappa shape index (κ2) is 11.0. The Morgan fingerprint density at radius 2 is 1.85 bits per heavy atom. The fourth-order valence-electron chi connectivity index (χ4n) is 4.82. The Morgan fingerprint density at radius 1 is 1.12 bits per heavy atom. The molecule has 0 saturated carbocycles. The molecule has 5 atom stereocenters. The number of aromatic nitrogens is 6. The van der Waals surface area contributed by atoms with Crippen molar-refractivity contribution < 1.29 is 37.6 Å². The van der Waals surface area contributed by atoms with Crippen molar-refractivity contribution in [1.29, 1.82) is 0 Å². The summed E-state index contributed by atoms with van der Waals surface area (Å²) in [6.07, 6.45) is -9.39. The molecular formula is C25H22BrClF4N6O4. The molecule has 41 heavy (non-hydrogen) atoms. The number of nitrogens with zero attached hydrogens (tertiary/aromatic N) is 6. The first-order valence-corrected chi connectivity index (χ1v) is 13.3. The third-order valence-electron chi connectivity index (χ3n) is 6.81. The van der Waals surface area contributed by atoms with Crippen molar-refractivity contribution >= 4 is 27.5 Å². The number of hydrogen-bond donors (Lipinski definition) is 3. The van der Waals surface area contributed by atoms with Gasteiger partial charge in [0.2, 0.25) is 0 Å². The van der Waals surface area contributed by atoms with Crippen LogP contribution in [0.2, 0.25) is 5.02 Å². The summed E-state index contributed by atoms with van der Waals surface area (Å²) >= 11 is 9.14. The lowest BCUT2D eigenvalue weighted by molar-refractivity contribution is -0.210. The average Bonchev–Trinajstić information content (AvgIpc) is 3.54. The Labute approximate surface area is 243 Å². The average molecular weight is 662 g/mol. The second-order valence-electron chi connectivity index (χ2n) is 9.46. The first-order chi connectivity index (χ1) is 19.3. The van der Waals surface area contributed by atoms with Crippen LogP contribution in [-0.4, -0.2) is 70.0 Å². The van der Waals surface area contributed by atoms with Crippen molar-refractivity contribution in [2.24, 2.45) is 0 Å². The molecule has 0 spiro atoms. The summed E-state index contributed by atoms with van der Waals surface area (Å²) in [5.41, 5.74) is -0.623. The van der Waals surface area contributed by atoms with E-state index in [-0.39, 0.29) is 32.4 Å². The zero-order chi connectivity index (χ0) is 29.8. The maximum absolute atomic E-state index is 14.5. The minimum absolute atomic E-state index is 0.00596. The van der Waals surface area contributed by atoms with Crippen LogP contribution in [0.5, 0.6) is 0 Å². The Morgan fingerprint density at radius 3 is 2.54 bits per heavy atom. The van der Waals surface area contributed by atoms with Crippen LogP contribution in [0.4, 0.5) is 17.6 Å². The molecule has 218 valence electrons. The lowest BCUT2D eigenvalue weighted by Crippen LogP contribution is -2.53. The Hall–Kier alpha value is -2.95. The molecule has 0 bridgehead atoms. The van der Waals surface area contributed by atoms with Crippen molar-refractivity contribution in [2.75, 3.05) is 6.61 Å². The number of aryl methyl sites for hydroxylation is 1. The van der Waals surface area contributed by atoms with Gasteiger partial charge in [-0.1, -0.05) is 22.9 Å². The number of hydrogen-bond acceptors (Lipinski definition) is 8. The fraction of sp³-hybridized carbons (Fsp3) is 0.360. The van der Waals surface area contributed by atoms with E-state index in [4.69, 9.17) is 16.3 Å². The third-order valence-corrected chi connectivity index (χ3v) is 7.66. The largest absolute Gasteiger partial charge is 0.418 e. The van der Waals surface area contributed by atoms with Crippen molar-refractivity contribution in [2.45, 2.75) is 50.5 Å². The lowest BCUT2D eigenvalue weighted by atomic mass is 9.92. The minimum Gasteiger partial charge on any atom is -0.394 e. The monoisotopic (exact) mass is 660 g/mol. The van der Waals surface area contributed by atoms with E-state index in [2.05, 4.69) is 36.3 Å². The van der Waals surface area contributed by atoms with E-state index in [1.54, 1.807) is 13.0 Å². The summed E-state index contributed by atoms with van der Waals surface area (Å²) in [6.45, 7) is 2.27. The summed E-state index contributed by atoms with van der Waals surface area (Å²) < 4.78 is 64.2. The molecule has 2 aromatic carbocycles. The van der Waals surface area contributed by atoms with Gasteiger partial charge in [0.15, 0.2) is 5.82 Å². The van der Waals surface area contributed by atoms with E-state index in [9.17, 15) is 32.9 Å². The number of alkyl halides is 3. The van der Waals surface area contributed by atoms with Gasteiger partial charge in [-0.15, -0.1) is 5.10 Å². The Bertz CT molecular complexity index is 1600. The molecule has 1 aliphatic heterocycles. The van der Waals surface area contributed by atoms with E-state index < -0.39 is 60.3 Å². The standard InChI is InChI=1S/C25H22BrClF4N6O4/c1-10-13(4-6-15(26)19(10)28)16-8-36(35-33-16)20-21(39)18(9-38)41-23(22(20)40)24-32-11(2)34-37(24)17-7-12(27)3-5-14(17)25(29,30)31/h3-8,18,20-23,38-40H,9H2,1-2H3/t18-,20+,21+,22-,23-/m1/s1. The molecular weight excluding hydrogens is 640 g/mol. The summed E-state index contributed by atoms with van der Waals surface area (Å²) in [5.74, 6) is -0.676. The van der Waals surface area contributed by atoms with Gasteiger partial charge >= 0.3 is 6.18 Å². The molecule has 1 aliphatic rings. The number of ether oxygens (including phenoxy) is 1. The van der Waals surface area contributed by atoms with Crippen LogP contribution in [0.3, 0.4) is 0 Å². The first kappa shape index (κ1) is 29.5. The van der Waals surface area contributed by atoms with E-state index >= 15 is 0 Å². The second-order valence-corrected chi connectivity index (χ2v) is 10.7. The normalized spacial score (nSPS) is 23.2. The SMILES string of the molecule is Cc1nc([C@@H]2O[C@H](CO)[C@H](O)[C@H](n3cc(-c4ccc(Br)c(F)c4C)nn3)[C@H]2O)n(-c2cc(Cl)ccc2C(F)(F)F)n1. The van der Waals surface area contributed by atoms with Crippen LogP contribution >= 0.6 is 27.5 Å².